The van der Waals surface area contributed by atoms with Crippen molar-refractivity contribution in [1.29, 1.82) is 0 Å². The van der Waals surface area contributed by atoms with Crippen molar-refractivity contribution in [2.24, 2.45) is 5.92 Å². The lowest BCUT2D eigenvalue weighted by molar-refractivity contribution is -0.141. The van der Waals surface area contributed by atoms with Gasteiger partial charge in [-0.2, -0.15) is 0 Å². The molecule has 2 rings (SSSR count). The first-order valence-electron chi connectivity index (χ1n) is 5.94. The van der Waals surface area contributed by atoms with Crippen molar-refractivity contribution in [1.82, 2.24) is 20.2 Å². The molecule has 1 aromatic carbocycles. The van der Waals surface area contributed by atoms with Crippen LogP contribution < -0.4 is 0 Å². The van der Waals surface area contributed by atoms with E-state index >= 15 is 0 Å². The fourth-order valence-corrected chi connectivity index (χ4v) is 2.05. The van der Waals surface area contributed by atoms with E-state index in [1.807, 2.05) is 0 Å². The molecule has 0 amide bonds. The van der Waals surface area contributed by atoms with Gasteiger partial charge in [-0.3, -0.25) is 4.79 Å². The monoisotopic (exact) mass is 314 g/mol. The molecule has 20 heavy (non-hydrogen) atoms. The van der Waals surface area contributed by atoms with E-state index in [2.05, 4.69) is 15.5 Å². The fourth-order valence-electron chi connectivity index (χ4n) is 1.66. The van der Waals surface area contributed by atoms with Gasteiger partial charge in [0.05, 0.1) is 16.0 Å². The number of carboxylic acids is 1. The smallest absolute Gasteiger partial charge is 0.306 e. The predicted molar refractivity (Wildman–Crippen MR) is 74.7 cm³/mol. The number of hydrogen-bond donors (Lipinski definition) is 1. The van der Waals surface area contributed by atoms with Crippen LogP contribution in [0.2, 0.25) is 10.0 Å². The van der Waals surface area contributed by atoms with Gasteiger partial charge in [-0.05, 0) is 29.0 Å². The average molecular weight is 315 g/mol. The van der Waals surface area contributed by atoms with Crippen LogP contribution in [0.4, 0.5) is 0 Å². The summed E-state index contributed by atoms with van der Waals surface area (Å²) in [6.45, 7) is 2.03. The number of halogens is 2. The lowest BCUT2D eigenvalue weighted by Crippen LogP contribution is -2.14. The van der Waals surface area contributed by atoms with E-state index in [9.17, 15) is 4.79 Å². The fraction of sp³-hybridized carbons (Fsp3) is 0.333. The molecule has 0 fully saturated rings. The summed E-state index contributed by atoms with van der Waals surface area (Å²) in [7, 11) is 0. The highest BCUT2D eigenvalue weighted by Gasteiger charge is 2.16. The zero-order chi connectivity index (χ0) is 14.7. The Hall–Kier alpha value is -1.66. The predicted octanol–water partition coefficient (Wildman–Crippen LogP) is 2.76. The zero-order valence-electron chi connectivity index (χ0n) is 10.6. The van der Waals surface area contributed by atoms with Crippen LogP contribution in [0.15, 0.2) is 18.2 Å². The van der Waals surface area contributed by atoms with Crippen molar-refractivity contribution in [2.75, 3.05) is 0 Å². The van der Waals surface area contributed by atoms with Crippen LogP contribution in [0, 0.1) is 5.92 Å². The zero-order valence-corrected chi connectivity index (χ0v) is 12.1. The van der Waals surface area contributed by atoms with Gasteiger partial charge in [0.1, 0.15) is 0 Å². The van der Waals surface area contributed by atoms with Gasteiger partial charge in [0, 0.05) is 12.1 Å². The molecule has 106 valence electrons. The number of carboxylic acid groups (broad SMARTS) is 1. The van der Waals surface area contributed by atoms with Crippen LogP contribution in [0.3, 0.4) is 0 Å². The van der Waals surface area contributed by atoms with Crippen molar-refractivity contribution in [3.05, 3.63) is 28.2 Å². The van der Waals surface area contributed by atoms with Gasteiger partial charge in [-0.25, -0.2) is 4.68 Å². The number of aliphatic carboxylic acids is 1. The quantitative estimate of drug-likeness (QED) is 0.917. The number of carbonyl (C=O) groups is 1. The Bertz CT molecular complexity index is 630. The van der Waals surface area contributed by atoms with Crippen LogP contribution in [0.1, 0.15) is 13.3 Å². The normalized spacial score (nSPS) is 12.3. The molecule has 0 saturated heterocycles. The maximum atomic E-state index is 10.8. The highest BCUT2D eigenvalue weighted by atomic mass is 35.5. The molecule has 1 unspecified atom stereocenters. The Morgan fingerprint density at radius 2 is 2.20 bits per heavy atom. The minimum atomic E-state index is -0.847. The van der Waals surface area contributed by atoms with Crippen LogP contribution in [0.25, 0.3) is 11.4 Å². The van der Waals surface area contributed by atoms with E-state index in [0.717, 1.165) is 0 Å². The largest absolute Gasteiger partial charge is 0.481 e. The third-order valence-corrected chi connectivity index (χ3v) is 3.74. The maximum Gasteiger partial charge on any atom is 0.306 e. The maximum absolute atomic E-state index is 10.8. The molecule has 0 spiro atoms. The minimum Gasteiger partial charge on any atom is -0.481 e. The molecule has 1 aromatic heterocycles. The van der Waals surface area contributed by atoms with E-state index < -0.39 is 11.9 Å². The van der Waals surface area contributed by atoms with E-state index in [1.54, 1.807) is 25.1 Å². The second kappa shape index (κ2) is 6.19. The van der Waals surface area contributed by atoms with Crippen LogP contribution >= 0.6 is 23.2 Å². The minimum absolute atomic E-state index is 0.372. The highest BCUT2D eigenvalue weighted by Crippen LogP contribution is 2.32. The molecule has 0 radical (unpaired) electrons. The van der Waals surface area contributed by atoms with Crippen LogP contribution in [-0.2, 0) is 11.3 Å². The van der Waals surface area contributed by atoms with Crippen molar-refractivity contribution < 1.29 is 9.90 Å². The summed E-state index contributed by atoms with van der Waals surface area (Å²) in [6.07, 6.45) is 0.422. The van der Waals surface area contributed by atoms with Gasteiger partial charge in [0.25, 0.3) is 0 Å². The summed E-state index contributed by atoms with van der Waals surface area (Å²) in [5, 5.41) is 21.0. The molecule has 0 bridgehead atoms. The standard InChI is InChI=1S/C12H12Cl2N4O2/c1-7(12(19)20)5-6-18-11(15-16-17-18)8-3-2-4-9(13)10(8)14/h2-4,7H,5-6H2,1H3,(H,19,20). The van der Waals surface area contributed by atoms with Gasteiger partial charge in [-0.1, -0.05) is 36.2 Å². The number of nitrogens with zero attached hydrogens (tertiary/aromatic N) is 4. The summed E-state index contributed by atoms with van der Waals surface area (Å²) in [5.41, 5.74) is 0.618. The Labute approximate surface area is 125 Å². The number of rotatable bonds is 5. The van der Waals surface area contributed by atoms with Crippen molar-refractivity contribution >= 4 is 29.2 Å². The van der Waals surface area contributed by atoms with Gasteiger partial charge < -0.3 is 5.11 Å². The average Bonchev–Trinajstić information content (AvgIpc) is 2.87. The van der Waals surface area contributed by atoms with Gasteiger partial charge in [0.2, 0.25) is 0 Å². The third kappa shape index (κ3) is 3.08. The number of hydrogen-bond acceptors (Lipinski definition) is 4. The molecule has 1 atom stereocenters. The van der Waals surface area contributed by atoms with Crippen LogP contribution in [-0.4, -0.2) is 31.3 Å². The van der Waals surface area contributed by atoms with Gasteiger partial charge in [-0.15, -0.1) is 5.10 Å². The topological polar surface area (TPSA) is 80.9 Å². The Morgan fingerprint density at radius 3 is 2.90 bits per heavy atom. The molecule has 0 aliphatic heterocycles. The van der Waals surface area contributed by atoms with E-state index in [4.69, 9.17) is 28.3 Å². The summed E-state index contributed by atoms with van der Waals surface area (Å²) in [6, 6.07) is 5.19. The SMILES string of the molecule is CC(CCn1nnnc1-c1cccc(Cl)c1Cl)C(=O)O. The molecular formula is C12H12Cl2N4O2. The van der Waals surface area contributed by atoms with E-state index in [-0.39, 0.29) is 0 Å². The van der Waals surface area contributed by atoms with Crippen molar-refractivity contribution in [3.8, 4) is 11.4 Å². The third-order valence-electron chi connectivity index (χ3n) is 2.92. The summed E-state index contributed by atoms with van der Waals surface area (Å²) in [5.74, 6) is -0.850. The molecule has 0 aliphatic rings. The Morgan fingerprint density at radius 1 is 1.45 bits per heavy atom. The first kappa shape index (κ1) is 14.7. The molecule has 0 saturated carbocycles. The van der Waals surface area contributed by atoms with Gasteiger partial charge >= 0.3 is 5.97 Å². The van der Waals surface area contributed by atoms with Crippen molar-refractivity contribution in [3.63, 3.8) is 0 Å². The molecule has 1 heterocycles. The van der Waals surface area contributed by atoms with Crippen LogP contribution in [0.5, 0.6) is 0 Å². The summed E-state index contributed by atoms with van der Waals surface area (Å²) in [4.78, 5) is 10.8. The second-order valence-electron chi connectivity index (χ2n) is 4.35. The molecule has 2 aromatic rings. The first-order valence-corrected chi connectivity index (χ1v) is 6.69. The second-order valence-corrected chi connectivity index (χ2v) is 5.14. The number of aryl methyl sites for hydroxylation is 1. The molecule has 8 heteroatoms. The molecule has 1 N–H and O–H groups in total. The van der Waals surface area contributed by atoms with E-state index in [0.29, 0.717) is 34.4 Å². The summed E-state index contributed by atoms with van der Waals surface area (Å²) >= 11 is 12.1. The molecular weight excluding hydrogens is 303 g/mol. The number of aromatic nitrogens is 4. The highest BCUT2D eigenvalue weighted by molar-refractivity contribution is 6.43. The Kier molecular flexibility index (Phi) is 4.57. The lowest BCUT2D eigenvalue weighted by Gasteiger charge is -2.08. The summed E-state index contributed by atoms with van der Waals surface area (Å²) < 4.78 is 1.52. The number of benzene rings is 1. The molecule has 6 nitrogen and oxygen atoms in total. The van der Waals surface area contributed by atoms with E-state index in [1.165, 1.54) is 4.68 Å². The van der Waals surface area contributed by atoms with Crippen molar-refractivity contribution in [2.45, 2.75) is 19.9 Å². The lowest BCUT2D eigenvalue weighted by atomic mass is 10.1. The number of tetrazole rings is 1. The Balaban J connectivity index is 2.25. The first-order chi connectivity index (χ1) is 9.50. The molecule has 0 aliphatic carbocycles. The van der Waals surface area contributed by atoms with Gasteiger partial charge in [0.15, 0.2) is 5.82 Å².